The van der Waals surface area contributed by atoms with Gasteiger partial charge in [0, 0.05) is 57.2 Å². The normalized spacial score (nSPS) is 14.9. The summed E-state index contributed by atoms with van der Waals surface area (Å²) in [5.41, 5.74) is 1.97. The molecular weight excluding hydrogens is 367 g/mol. The maximum atomic E-state index is 13.0. The number of rotatable bonds is 6. The van der Waals surface area contributed by atoms with Gasteiger partial charge in [0.2, 0.25) is 5.91 Å². The number of aromatic nitrogens is 2. The van der Waals surface area contributed by atoms with Crippen LogP contribution in [-0.4, -0.2) is 58.0 Å². The van der Waals surface area contributed by atoms with Crippen molar-refractivity contribution in [2.45, 2.75) is 13.0 Å². The second kappa shape index (κ2) is 9.01. The Hall–Kier alpha value is -2.99. The van der Waals surface area contributed by atoms with E-state index in [2.05, 4.69) is 26.6 Å². The van der Waals surface area contributed by atoms with E-state index in [9.17, 15) is 9.18 Å². The van der Waals surface area contributed by atoms with E-state index in [4.69, 9.17) is 0 Å². The Labute approximate surface area is 170 Å². The van der Waals surface area contributed by atoms with E-state index in [1.165, 1.54) is 12.1 Å². The SMILES string of the molecule is O=C(Cc1ccc(F)cc1)N1CCN(CCn2ccnc2-c2ccccc2)CC1. The Morgan fingerprint density at radius 3 is 2.38 bits per heavy atom. The van der Waals surface area contributed by atoms with Gasteiger partial charge in [-0.1, -0.05) is 42.5 Å². The third-order valence-electron chi connectivity index (χ3n) is 5.40. The fraction of sp³-hybridized carbons (Fsp3) is 0.304. The zero-order valence-corrected chi connectivity index (χ0v) is 16.4. The molecular formula is C23H25FN4O. The molecule has 0 unspecified atom stereocenters. The van der Waals surface area contributed by atoms with Gasteiger partial charge in [0.1, 0.15) is 11.6 Å². The minimum absolute atomic E-state index is 0.109. The van der Waals surface area contributed by atoms with Crippen LogP contribution >= 0.6 is 0 Å². The highest BCUT2D eigenvalue weighted by molar-refractivity contribution is 5.78. The van der Waals surface area contributed by atoms with Crippen molar-refractivity contribution < 1.29 is 9.18 Å². The lowest BCUT2D eigenvalue weighted by molar-refractivity contribution is -0.132. The number of hydrogen-bond donors (Lipinski definition) is 0. The minimum Gasteiger partial charge on any atom is -0.340 e. The summed E-state index contributed by atoms with van der Waals surface area (Å²) >= 11 is 0. The molecule has 0 aliphatic carbocycles. The molecule has 4 rings (SSSR count). The first-order valence-corrected chi connectivity index (χ1v) is 10.0. The molecule has 0 atom stereocenters. The molecule has 0 N–H and O–H groups in total. The monoisotopic (exact) mass is 392 g/mol. The largest absolute Gasteiger partial charge is 0.340 e. The number of piperazine rings is 1. The second-order valence-electron chi connectivity index (χ2n) is 7.34. The Morgan fingerprint density at radius 1 is 0.931 bits per heavy atom. The Balaban J connectivity index is 1.26. The number of carbonyl (C=O) groups is 1. The van der Waals surface area contributed by atoms with Gasteiger partial charge in [-0.05, 0) is 17.7 Å². The van der Waals surface area contributed by atoms with Crippen molar-refractivity contribution >= 4 is 5.91 Å². The van der Waals surface area contributed by atoms with Gasteiger partial charge in [0.15, 0.2) is 0 Å². The van der Waals surface area contributed by atoms with E-state index in [1.54, 1.807) is 12.1 Å². The number of nitrogens with zero attached hydrogens (tertiary/aromatic N) is 4. The molecule has 0 saturated carbocycles. The van der Waals surface area contributed by atoms with E-state index in [0.29, 0.717) is 6.42 Å². The van der Waals surface area contributed by atoms with Crippen LogP contribution in [0.5, 0.6) is 0 Å². The van der Waals surface area contributed by atoms with Crippen LogP contribution in [0.2, 0.25) is 0 Å². The molecule has 0 radical (unpaired) electrons. The van der Waals surface area contributed by atoms with E-state index < -0.39 is 0 Å². The van der Waals surface area contributed by atoms with Gasteiger partial charge in [0.05, 0.1) is 6.42 Å². The molecule has 6 heteroatoms. The van der Waals surface area contributed by atoms with Gasteiger partial charge in [-0.2, -0.15) is 0 Å². The van der Waals surface area contributed by atoms with Gasteiger partial charge >= 0.3 is 0 Å². The number of carbonyl (C=O) groups excluding carboxylic acids is 1. The summed E-state index contributed by atoms with van der Waals surface area (Å²) < 4.78 is 15.2. The van der Waals surface area contributed by atoms with Crippen LogP contribution in [0.3, 0.4) is 0 Å². The van der Waals surface area contributed by atoms with Gasteiger partial charge in [-0.3, -0.25) is 9.69 Å². The number of amides is 1. The first-order chi connectivity index (χ1) is 14.2. The van der Waals surface area contributed by atoms with Crippen molar-refractivity contribution in [1.29, 1.82) is 0 Å². The van der Waals surface area contributed by atoms with Gasteiger partial charge in [-0.15, -0.1) is 0 Å². The van der Waals surface area contributed by atoms with Crippen molar-refractivity contribution in [1.82, 2.24) is 19.4 Å². The molecule has 29 heavy (non-hydrogen) atoms. The highest BCUT2D eigenvalue weighted by Gasteiger charge is 2.21. The van der Waals surface area contributed by atoms with Crippen molar-refractivity contribution in [3.63, 3.8) is 0 Å². The summed E-state index contributed by atoms with van der Waals surface area (Å²) in [7, 11) is 0. The summed E-state index contributed by atoms with van der Waals surface area (Å²) in [5.74, 6) is 0.819. The fourth-order valence-corrected chi connectivity index (χ4v) is 3.70. The highest BCUT2D eigenvalue weighted by Crippen LogP contribution is 2.17. The lowest BCUT2D eigenvalue weighted by atomic mass is 10.1. The molecule has 5 nitrogen and oxygen atoms in total. The number of halogens is 1. The molecule has 1 amide bonds. The van der Waals surface area contributed by atoms with Gasteiger partial charge in [-0.25, -0.2) is 9.37 Å². The summed E-state index contributed by atoms with van der Waals surface area (Å²) in [5, 5.41) is 0. The number of imidazole rings is 1. The fourth-order valence-electron chi connectivity index (χ4n) is 3.70. The molecule has 2 heterocycles. The van der Waals surface area contributed by atoms with Crippen LogP contribution in [0.4, 0.5) is 4.39 Å². The minimum atomic E-state index is -0.275. The van der Waals surface area contributed by atoms with Crippen LogP contribution in [-0.2, 0) is 17.8 Å². The maximum Gasteiger partial charge on any atom is 0.227 e. The lowest BCUT2D eigenvalue weighted by Crippen LogP contribution is -2.49. The molecule has 1 saturated heterocycles. The first-order valence-electron chi connectivity index (χ1n) is 10.0. The molecule has 1 aromatic heterocycles. The van der Waals surface area contributed by atoms with Crippen LogP contribution in [0.25, 0.3) is 11.4 Å². The quantitative estimate of drug-likeness (QED) is 0.647. The van der Waals surface area contributed by atoms with Crippen molar-refractivity contribution in [3.8, 4) is 11.4 Å². The average Bonchev–Trinajstić information content (AvgIpc) is 3.23. The average molecular weight is 392 g/mol. The number of hydrogen-bond acceptors (Lipinski definition) is 3. The van der Waals surface area contributed by atoms with E-state index in [0.717, 1.165) is 56.2 Å². The van der Waals surface area contributed by atoms with Gasteiger partial charge in [0.25, 0.3) is 0 Å². The summed E-state index contributed by atoms with van der Waals surface area (Å²) in [6, 6.07) is 16.4. The van der Waals surface area contributed by atoms with E-state index >= 15 is 0 Å². The third kappa shape index (κ3) is 4.90. The summed E-state index contributed by atoms with van der Waals surface area (Å²) in [4.78, 5) is 21.3. The smallest absolute Gasteiger partial charge is 0.227 e. The molecule has 0 spiro atoms. The Morgan fingerprint density at radius 2 is 1.66 bits per heavy atom. The van der Waals surface area contributed by atoms with Crippen molar-refractivity contribution in [3.05, 3.63) is 78.4 Å². The van der Waals surface area contributed by atoms with Crippen LogP contribution < -0.4 is 0 Å². The molecule has 3 aromatic rings. The number of benzene rings is 2. The maximum absolute atomic E-state index is 13.0. The molecule has 0 bridgehead atoms. The highest BCUT2D eigenvalue weighted by atomic mass is 19.1. The predicted molar refractivity (Wildman–Crippen MR) is 111 cm³/mol. The molecule has 2 aromatic carbocycles. The van der Waals surface area contributed by atoms with Crippen LogP contribution in [0, 0.1) is 5.82 Å². The summed E-state index contributed by atoms with van der Waals surface area (Å²) in [6.07, 6.45) is 4.19. The zero-order chi connectivity index (χ0) is 20.1. The van der Waals surface area contributed by atoms with Crippen molar-refractivity contribution in [2.24, 2.45) is 0 Å². The van der Waals surface area contributed by atoms with Crippen molar-refractivity contribution in [2.75, 3.05) is 32.7 Å². The molecule has 150 valence electrons. The standard InChI is InChI=1S/C23H25FN4O/c24-21-8-6-19(7-9-21)18-22(29)27-15-12-26(13-16-27)14-17-28-11-10-25-23(28)20-4-2-1-3-5-20/h1-11H,12-18H2. The Bertz CT molecular complexity index is 931. The second-order valence-corrected chi connectivity index (χ2v) is 7.34. The molecule has 1 aliphatic rings. The lowest BCUT2D eigenvalue weighted by Gasteiger charge is -2.35. The molecule has 1 fully saturated rings. The summed E-state index contributed by atoms with van der Waals surface area (Å²) in [6.45, 7) is 4.99. The van der Waals surface area contributed by atoms with E-state index in [-0.39, 0.29) is 11.7 Å². The van der Waals surface area contributed by atoms with Crippen LogP contribution in [0.15, 0.2) is 67.0 Å². The Kier molecular flexibility index (Phi) is 6.00. The third-order valence-corrected chi connectivity index (χ3v) is 5.40. The zero-order valence-electron chi connectivity index (χ0n) is 16.4. The first kappa shape index (κ1) is 19.3. The van der Waals surface area contributed by atoms with E-state index in [1.807, 2.05) is 35.5 Å². The molecule has 1 aliphatic heterocycles. The van der Waals surface area contributed by atoms with Gasteiger partial charge < -0.3 is 9.47 Å². The van der Waals surface area contributed by atoms with Crippen LogP contribution in [0.1, 0.15) is 5.56 Å². The predicted octanol–water partition coefficient (Wildman–Crippen LogP) is 3.08. The topological polar surface area (TPSA) is 41.4 Å².